The number of benzene rings is 1. The van der Waals surface area contributed by atoms with Crippen molar-refractivity contribution in [3.63, 3.8) is 0 Å². The summed E-state index contributed by atoms with van der Waals surface area (Å²) in [4.78, 5) is 12.8. The summed E-state index contributed by atoms with van der Waals surface area (Å²) in [6.07, 6.45) is 6.23. The predicted molar refractivity (Wildman–Crippen MR) is 95.0 cm³/mol. The molecule has 0 saturated heterocycles. The first kappa shape index (κ1) is 19.3. The summed E-state index contributed by atoms with van der Waals surface area (Å²) in [5.41, 5.74) is 0.684. The highest BCUT2D eigenvalue weighted by molar-refractivity contribution is 6.30. The molecular formula is C17H26Cl2N2O. The molecule has 22 heavy (non-hydrogen) atoms. The molecule has 1 saturated carbocycles. The zero-order valence-electron chi connectivity index (χ0n) is 13.2. The molecule has 0 atom stereocenters. The van der Waals surface area contributed by atoms with E-state index in [1.165, 1.54) is 6.42 Å². The Morgan fingerprint density at radius 2 is 1.95 bits per heavy atom. The van der Waals surface area contributed by atoms with Crippen LogP contribution in [0.4, 0.5) is 0 Å². The number of nitrogens with one attached hydrogen (secondary N) is 2. The second-order valence-electron chi connectivity index (χ2n) is 5.87. The Balaban J connectivity index is 0.00000242. The molecule has 2 N–H and O–H groups in total. The lowest BCUT2D eigenvalue weighted by molar-refractivity contribution is -0.128. The third-order valence-corrected chi connectivity index (χ3v) is 4.64. The van der Waals surface area contributed by atoms with E-state index in [1.54, 1.807) is 0 Å². The molecule has 0 bridgehead atoms. The first-order valence-electron chi connectivity index (χ1n) is 7.88. The van der Waals surface area contributed by atoms with E-state index in [-0.39, 0.29) is 23.7 Å². The van der Waals surface area contributed by atoms with E-state index in [0.717, 1.165) is 50.8 Å². The van der Waals surface area contributed by atoms with Gasteiger partial charge in [0.25, 0.3) is 0 Å². The highest BCUT2D eigenvalue weighted by atomic mass is 35.5. The van der Waals surface area contributed by atoms with Crippen LogP contribution in [-0.4, -0.2) is 26.0 Å². The average Bonchev–Trinajstić information content (AvgIpc) is 2.52. The molecule has 2 rings (SSSR count). The van der Waals surface area contributed by atoms with Crippen molar-refractivity contribution in [3.8, 4) is 0 Å². The lowest BCUT2D eigenvalue weighted by atomic mass is 9.68. The summed E-state index contributed by atoms with van der Waals surface area (Å²) < 4.78 is 0. The zero-order chi connectivity index (χ0) is 15.1. The van der Waals surface area contributed by atoms with Gasteiger partial charge in [-0.2, -0.15) is 0 Å². The van der Waals surface area contributed by atoms with E-state index in [1.807, 2.05) is 31.3 Å². The van der Waals surface area contributed by atoms with Crippen LogP contribution in [0.5, 0.6) is 0 Å². The first-order chi connectivity index (χ1) is 10.2. The van der Waals surface area contributed by atoms with Gasteiger partial charge in [0.2, 0.25) is 5.91 Å². The standard InChI is InChI=1S/C17H25ClN2O.ClH/c1-19-11-6-12-20-16(21)17(9-3-2-4-10-17)14-7-5-8-15(18)13-14;/h5,7-8,13,19H,2-4,6,9-12H2,1H3,(H,20,21);1H. The minimum Gasteiger partial charge on any atom is -0.355 e. The Hall–Kier alpha value is -0.770. The van der Waals surface area contributed by atoms with Gasteiger partial charge in [0, 0.05) is 11.6 Å². The Kier molecular flexibility index (Phi) is 8.23. The quantitative estimate of drug-likeness (QED) is 0.772. The van der Waals surface area contributed by atoms with Gasteiger partial charge in [0.15, 0.2) is 0 Å². The smallest absolute Gasteiger partial charge is 0.230 e. The van der Waals surface area contributed by atoms with E-state index in [4.69, 9.17) is 11.6 Å². The molecule has 3 nitrogen and oxygen atoms in total. The number of hydrogen-bond acceptors (Lipinski definition) is 2. The van der Waals surface area contributed by atoms with Crippen molar-refractivity contribution in [1.29, 1.82) is 0 Å². The second kappa shape index (κ2) is 9.39. The third kappa shape index (κ3) is 4.61. The molecule has 1 aliphatic rings. The molecule has 1 aromatic carbocycles. The molecule has 0 spiro atoms. The Labute approximate surface area is 144 Å². The molecule has 0 unspecified atom stereocenters. The summed E-state index contributed by atoms with van der Waals surface area (Å²) in [6, 6.07) is 7.82. The van der Waals surface area contributed by atoms with Gasteiger partial charge in [0.1, 0.15) is 0 Å². The van der Waals surface area contributed by atoms with Crippen molar-refractivity contribution < 1.29 is 4.79 Å². The maximum Gasteiger partial charge on any atom is 0.230 e. The monoisotopic (exact) mass is 344 g/mol. The maximum atomic E-state index is 12.8. The molecule has 1 aromatic rings. The van der Waals surface area contributed by atoms with E-state index >= 15 is 0 Å². The van der Waals surface area contributed by atoms with Gasteiger partial charge in [-0.3, -0.25) is 4.79 Å². The molecule has 0 aliphatic heterocycles. The molecule has 124 valence electrons. The van der Waals surface area contributed by atoms with Crippen molar-refractivity contribution >= 4 is 29.9 Å². The van der Waals surface area contributed by atoms with Gasteiger partial charge in [-0.05, 0) is 50.6 Å². The zero-order valence-corrected chi connectivity index (χ0v) is 14.7. The summed E-state index contributed by atoms with van der Waals surface area (Å²) in [6.45, 7) is 1.65. The van der Waals surface area contributed by atoms with E-state index in [0.29, 0.717) is 5.02 Å². The van der Waals surface area contributed by atoms with Crippen molar-refractivity contribution in [1.82, 2.24) is 10.6 Å². The minimum absolute atomic E-state index is 0. The molecular weight excluding hydrogens is 319 g/mol. The second-order valence-corrected chi connectivity index (χ2v) is 6.30. The molecule has 0 radical (unpaired) electrons. The number of rotatable bonds is 6. The number of carbonyl (C=O) groups excluding carboxylic acids is 1. The average molecular weight is 345 g/mol. The molecule has 0 aromatic heterocycles. The Morgan fingerprint density at radius 3 is 2.59 bits per heavy atom. The van der Waals surface area contributed by atoms with Crippen LogP contribution in [0.15, 0.2) is 24.3 Å². The number of halogens is 2. The third-order valence-electron chi connectivity index (χ3n) is 4.41. The van der Waals surface area contributed by atoms with Crippen molar-refractivity contribution in [2.75, 3.05) is 20.1 Å². The lowest BCUT2D eigenvalue weighted by Crippen LogP contribution is -2.46. The lowest BCUT2D eigenvalue weighted by Gasteiger charge is -2.36. The number of amides is 1. The Bertz CT molecular complexity index is 473. The van der Waals surface area contributed by atoms with Crippen LogP contribution >= 0.6 is 24.0 Å². The van der Waals surface area contributed by atoms with Gasteiger partial charge < -0.3 is 10.6 Å². The van der Waals surface area contributed by atoms with Gasteiger partial charge in [-0.1, -0.05) is 43.0 Å². The largest absolute Gasteiger partial charge is 0.355 e. The van der Waals surface area contributed by atoms with E-state index in [2.05, 4.69) is 10.6 Å². The van der Waals surface area contributed by atoms with Gasteiger partial charge >= 0.3 is 0 Å². The van der Waals surface area contributed by atoms with Crippen LogP contribution in [0.1, 0.15) is 44.1 Å². The maximum absolute atomic E-state index is 12.8. The normalized spacial score (nSPS) is 16.6. The molecule has 5 heteroatoms. The molecule has 1 amide bonds. The van der Waals surface area contributed by atoms with Crippen LogP contribution < -0.4 is 10.6 Å². The molecule has 1 aliphatic carbocycles. The van der Waals surface area contributed by atoms with Crippen molar-refractivity contribution in [2.24, 2.45) is 0 Å². The van der Waals surface area contributed by atoms with Crippen molar-refractivity contribution in [3.05, 3.63) is 34.9 Å². The number of hydrogen-bond donors (Lipinski definition) is 2. The SMILES string of the molecule is CNCCCNC(=O)C1(c2cccc(Cl)c2)CCCCC1.Cl. The fraction of sp³-hybridized carbons (Fsp3) is 0.588. The highest BCUT2D eigenvalue weighted by Crippen LogP contribution is 2.40. The fourth-order valence-corrected chi connectivity index (χ4v) is 3.41. The van der Waals surface area contributed by atoms with Crippen LogP contribution in [0.3, 0.4) is 0 Å². The van der Waals surface area contributed by atoms with Gasteiger partial charge in [-0.25, -0.2) is 0 Å². The van der Waals surface area contributed by atoms with Gasteiger partial charge in [-0.15, -0.1) is 12.4 Å². The van der Waals surface area contributed by atoms with Gasteiger partial charge in [0.05, 0.1) is 5.41 Å². The van der Waals surface area contributed by atoms with Crippen LogP contribution in [0.2, 0.25) is 5.02 Å². The van der Waals surface area contributed by atoms with Crippen LogP contribution in [-0.2, 0) is 10.2 Å². The summed E-state index contributed by atoms with van der Waals surface area (Å²) in [5, 5.41) is 6.93. The van der Waals surface area contributed by atoms with Crippen LogP contribution in [0, 0.1) is 0 Å². The topological polar surface area (TPSA) is 41.1 Å². The minimum atomic E-state index is -0.386. The van der Waals surface area contributed by atoms with E-state index < -0.39 is 0 Å². The molecule has 1 fully saturated rings. The summed E-state index contributed by atoms with van der Waals surface area (Å²) in [5.74, 6) is 0.167. The summed E-state index contributed by atoms with van der Waals surface area (Å²) >= 11 is 6.14. The van der Waals surface area contributed by atoms with Crippen molar-refractivity contribution in [2.45, 2.75) is 43.9 Å². The van der Waals surface area contributed by atoms with E-state index in [9.17, 15) is 4.79 Å². The number of carbonyl (C=O) groups is 1. The summed E-state index contributed by atoms with van der Waals surface area (Å²) in [7, 11) is 1.93. The molecule has 0 heterocycles. The van der Waals surface area contributed by atoms with Crippen LogP contribution in [0.25, 0.3) is 0 Å². The highest BCUT2D eigenvalue weighted by Gasteiger charge is 2.40. The first-order valence-corrected chi connectivity index (χ1v) is 8.26. The predicted octanol–water partition coefficient (Wildman–Crippen LogP) is 3.69. The fourth-order valence-electron chi connectivity index (χ4n) is 3.22. The Morgan fingerprint density at radius 1 is 1.23 bits per heavy atom.